The molecule has 0 aliphatic heterocycles. The topological polar surface area (TPSA) is 96.6 Å². The van der Waals surface area contributed by atoms with Crippen LogP contribution in [0.4, 0.5) is 11.4 Å². The summed E-state index contributed by atoms with van der Waals surface area (Å²) in [6.45, 7) is 2.07. The number of nitrogens with zero attached hydrogens (tertiary/aromatic N) is 2. The molecule has 1 amide bonds. The van der Waals surface area contributed by atoms with Gasteiger partial charge in [-0.05, 0) is 53.3 Å². The van der Waals surface area contributed by atoms with Gasteiger partial charge in [0, 0.05) is 27.0 Å². The van der Waals surface area contributed by atoms with Gasteiger partial charge in [-0.25, -0.2) is 5.43 Å². The van der Waals surface area contributed by atoms with Crippen molar-refractivity contribution < 1.29 is 9.72 Å². The Kier molecular flexibility index (Phi) is 6.24. The van der Waals surface area contributed by atoms with Gasteiger partial charge in [0.25, 0.3) is 11.6 Å². The minimum atomic E-state index is -0.483. The molecule has 0 saturated carbocycles. The van der Waals surface area contributed by atoms with Gasteiger partial charge in [-0.2, -0.15) is 5.10 Å². The van der Waals surface area contributed by atoms with Crippen molar-refractivity contribution in [2.45, 2.75) is 6.92 Å². The zero-order chi connectivity index (χ0) is 17.5. The van der Waals surface area contributed by atoms with Crippen molar-refractivity contribution in [1.82, 2.24) is 5.43 Å². The summed E-state index contributed by atoms with van der Waals surface area (Å²) >= 11 is 2.24. The molecule has 0 aromatic heterocycles. The fourth-order valence-electron chi connectivity index (χ4n) is 1.87. The first-order valence-electron chi connectivity index (χ1n) is 7.02. The van der Waals surface area contributed by atoms with Gasteiger partial charge in [-0.1, -0.05) is 12.1 Å². The van der Waals surface area contributed by atoms with Crippen LogP contribution in [0.2, 0.25) is 0 Å². The molecule has 7 nitrogen and oxygen atoms in total. The Balaban J connectivity index is 1.85. The molecule has 0 aliphatic carbocycles. The van der Waals surface area contributed by atoms with Crippen molar-refractivity contribution >= 4 is 46.1 Å². The molecule has 2 rings (SSSR count). The van der Waals surface area contributed by atoms with Crippen LogP contribution in [0.5, 0.6) is 0 Å². The van der Waals surface area contributed by atoms with Crippen LogP contribution in [0.3, 0.4) is 0 Å². The Morgan fingerprint density at radius 2 is 2.12 bits per heavy atom. The van der Waals surface area contributed by atoms with Crippen molar-refractivity contribution in [2.75, 3.05) is 11.9 Å². The minimum Gasteiger partial charge on any atom is -0.376 e. The zero-order valence-electron chi connectivity index (χ0n) is 12.8. The lowest BCUT2D eigenvalue weighted by Gasteiger charge is -2.07. The van der Waals surface area contributed by atoms with Crippen LogP contribution < -0.4 is 10.7 Å². The third kappa shape index (κ3) is 5.30. The van der Waals surface area contributed by atoms with Gasteiger partial charge in [-0.3, -0.25) is 14.9 Å². The number of hydrogen-bond donors (Lipinski definition) is 2. The number of non-ortho nitro benzene ring substituents is 1. The van der Waals surface area contributed by atoms with Crippen molar-refractivity contribution in [3.63, 3.8) is 0 Å². The molecule has 24 heavy (non-hydrogen) atoms. The number of rotatable bonds is 6. The molecular weight excluding hydrogens is 423 g/mol. The quantitative estimate of drug-likeness (QED) is 0.314. The molecule has 124 valence electrons. The highest BCUT2D eigenvalue weighted by atomic mass is 127. The number of hydrogen-bond acceptors (Lipinski definition) is 5. The lowest BCUT2D eigenvalue weighted by atomic mass is 10.2. The molecule has 0 radical (unpaired) electrons. The highest BCUT2D eigenvalue weighted by molar-refractivity contribution is 14.1. The second-order valence-corrected chi connectivity index (χ2v) is 6.12. The third-order valence-corrected chi connectivity index (χ3v) is 4.31. The van der Waals surface area contributed by atoms with Gasteiger partial charge in [0.2, 0.25) is 0 Å². The normalized spacial score (nSPS) is 10.6. The summed E-state index contributed by atoms with van der Waals surface area (Å²) in [6, 6.07) is 11.8. The van der Waals surface area contributed by atoms with E-state index < -0.39 is 4.92 Å². The number of anilines is 1. The van der Waals surface area contributed by atoms with E-state index in [-0.39, 0.29) is 18.1 Å². The van der Waals surface area contributed by atoms with E-state index in [1.807, 2.05) is 25.1 Å². The van der Waals surface area contributed by atoms with Crippen LogP contribution in [-0.4, -0.2) is 23.6 Å². The minimum absolute atomic E-state index is 0.0268. The van der Waals surface area contributed by atoms with E-state index in [1.165, 1.54) is 18.3 Å². The first-order valence-corrected chi connectivity index (χ1v) is 8.10. The lowest BCUT2D eigenvalue weighted by Crippen LogP contribution is -2.25. The summed E-state index contributed by atoms with van der Waals surface area (Å²) in [5.74, 6) is -0.312. The Labute approximate surface area is 152 Å². The Morgan fingerprint density at radius 3 is 2.83 bits per heavy atom. The van der Waals surface area contributed by atoms with Crippen LogP contribution in [0, 0.1) is 20.6 Å². The summed E-state index contributed by atoms with van der Waals surface area (Å²) in [5, 5.41) is 17.5. The molecule has 0 atom stereocenters. The number of amides is 1. The van der Waals surface area contributed by atoms with Crippen LogP contribution >= 0.6 is 22.6 Å². The standard InChI is InChI=1S/C16H15IN4O3/c1-11-7-13(5-6-15(11)17)18-10-16(22)20-19-9-12-3-2-4-14(8-12)21(23)24/h2-9,18H,10H2,1H3,(H,20,22)/b19-9-. The second-order valence-electron chi connectivity index (χ2n) is 4.96. The van der Waals surface area contributed by atoms with Crippen LogP contribution in [-0.2, 0) is 4.79 Å². The monoisotopic (exact) mass is 438 g/mol. The molecule has 2 N–H and O–H groups in total. The third-order valence-electron chi connectivity index (χ3n) is 3.09. The summed E-state index contributed by atoms with van der Waals surface area (Å²) in [5.41, 5.74) is 4.86. The second kappa shape index (κ2) is 8.39. The molecule has 2 aromatic carbocycles. The van der Waals surface area contributed by atoms with E-state index in [0.717, 1.165) is 14.8 Å². The van der Waals surface area contributed by atoms with Crippen LogP contribution in [0.1, 0.15) is 11.1 Å². The van der Waals surface area contributed by atoms with Crippen molar-refractivity contribution in [3.05, 3.63) is 67.3 Å². The maximum Gasteiger partial charge on any atom is 0.270 e. The summed E-state index contributed by atoms with van der Waals surface area (Å²) in [7, 11) is 0. The number of nitro benzene ring substituents is 1. The molecule has 0 saturated heterocycles. The van der Waals surface area contributed by atoms with E-state index in [4.69, 9.17) is 0 Å². The van der Waals surface area contributed by atoms with Crippen molar-refractivity contribution in [1.29, 1.82) is 0 Å². The van der Waals surface area contributed by atoms with Crippen LogP contribution in [0.25, 0.3) is 0 Å². The highest BCUT2D eigenvalue weighted by Crippen LogP contribution is 2.16. The molecule has 0 fully saturated rings. The number of nitro groups is 1. The number of halogens is 1. The van der Waals surface area contributed by atoms with Gasteiger partial charge >= 0.3 is 0 Å². The first-order chi connectivity index (χ1) is 11.5. The summed E-state index contributed by atoms with van der Waals surface area (Å²) in [4.78, 5) is 21.9. The predicted octanol–water partition coefficient (Wildman–Crippen LogP) is 3.07. The maximum absolute atomic E-state index is 11.7. The first kappa shape index (κ1) is 17.9. The molecule has 2 aromatic rings. The predicted molar refractivity (Wildman–Crippen MR) is 101 cm³/mol. The average Bonchev–Trinajstić information content (AvgIpc) is 2.56. The molecule has 0 heterocycles. The number of benzene rings is 2. The number of hydrazone groups is 1. The van der Waals surface area contributed by atoms with E-state index in [0.29, 0.717) is 5.56 Å². The highest BCUT2D eigenvalue weighted by Gasteiger charge is 2.04. The zero-order valence-corrected chi connectivity index (χ0v) is 15.0. The number of carbonyl (C=O) groups is 1. The fraction of sp³-hybridized carbons (Fsp3) is 0.125. The Bertz CT molecular complexity index is 793. The summed E-state index contributed by atoms with van der Waals surface area (Å²) in [6.07, 6.45) is 1.36. The fourth-order valence-corrected chi connectivity index (χ4v) is 2.21. The smallest absolute Gasteiger partial charge is 0.270 e. The maximum atomic E-state index is 11.7. The van der Waals surface area contributed by atoms with Gasteiger partial charge in [0.1, 0.15) is 0 Å². The largest absolute Gasteiger partial charge is 0.376 e. The van der Waals surface area contributed by atoms with Crippen molar-refractivity contribution in [3.8, 4) is 0 Å². The molecule has 0 unspecified atom stereocenters. The van der Waals surface area contributed by atoms with Gasteiger partial charge in [0.15, 0.2) is 0 Å². The molecule has 0 spiro atoms. The van der Waals surface area contributed by atoms with Gasteiger partial charge in [0.05, 0.1) is 17.7 Å². The lowest BCUT2D eigenvalue weighted by molar-refractivity contribution is -0.384. The van der Waals surface area contributed by atoms with E-state index in [1.54, 1.807) is 12.1 Å². The van der Waals surface area contributed by atoms with Crippen molar-refractivity contribution in [2.24, 2.45) is 5.10 Å². The van der Waals surface area contributed by atoms with Gasteiger partial charge < -0.3 is 5.32 Å². The summed E-state index contributed by atoms with van der Waals surface area (Å²) < 4.78 is 1.16. The SMILES string of the molecule is Cc1cc(NCC(=O)N/N=C\c2cccc([N+](=O)[O-])c2)ccc1I. The Morgan fingerprint density at radius 1 is 1.33 bits per heavy atom. The van der Waals surface area contributed by atoms with E-state index in [2.05, 4.69) is 38.4 Å². The van der Waals surface area contributed by atoms with E-state index >= 15 is 0 Å². The number of nitrogens with one attached hydrogen (secondary N) is 2. The molecular formula is C16H15IN4O3. The molecule has 0 bridgehead atoms. The van der Waals surface area contributed by atoms with Gasteiger partial charge in [-0.15, -0.1) is 0 Å². The average molecular weight is 438 g/mol. The Hall–Kier alpha value is -2.49. The number of carbonyl (C=O) groups excluding carboxylic acids is 1. The molecule has 0 aliphatic rings. The van der Waals surface area contributed by atoms with Crippen LogP contribution in [0.15, 0.2) is 47.6 Å². The number of aryl methyl sites for hydroxylation is 1. The van der Waals surface area contributed by atoms with E-state index in [9.17, 15) is 14.9 Å². The molecule has 8 heteroatoms.